The van der Waals surface area contributed by atoms with Gasteiger partial charge in [0, 0.05) is 28.2 Å². The Bertz CT molecular complexity index is 1130. The first-order valence-electron chi connectivity index (χ1n) is 8.45. The molecule has 2 aromatic carbocycles. The minimum atomic E-state index is -2.93. The van der Waals surface area contributed by atoms with Crippen LogP contribution in [0, 0.1) is 10.1 Å². The highest BCUT2D eigenvalue weighted by Crippen LogP contribution is 2.36. The molecule has 1 aromatic heterocycles. The number of rotatable bonds is 7. The molecule has 2 atom stereocenters. The summed E-state index contributed by atoms with van der Waals surface area (Å²) < 4.78 is 12.4. The van der Waals surface area contributed by atoms with Gasteiger partial charge in [-0.15, -0.1) is 11.3 Å². The number of amides is 1. The number of nitrogens with zero attached hydrogens (tertiary/aromatic N) is 1. The molecule has 0 radical (unpaired) electrons. The molecule has 150 valence electrons. The number of halogens is 1. The van der Waals surface area contributed by atoms with Gasteiger partial charge in [-0.3, -0.25) is 19.5 Å². The smallest absolute Gasteiger partial charge is 0.276 e. The van der Waals surface area contributed by atoms with Crippen LogP contribution >= 0.6 is 31.0 Å². The van der Waals surface area contributed by atoms with Gasteiger partial charge in [-0.25, -0.2) is 0 Å². The normalized spacial score (nSPS) is 13.4. The number of nitrogens with one attached hydrogen (secondary N) is 1. The van der Waals surface area contributed by atoms with Gasteiger partial charge in [-0.2, -0.15) is 0 Å². The standard InChI is InChI=1S/C19H16ClN2O5PS/c20-13-5-6-18-14(9-13)16(11-29-18)15(10-28(26)27)19(23)21-8-7-12-3-1-2-4-17(12)22(24)25/h1-9,11,15,28H,10H2,(H,21,23)(H,26,27)/b8-7+. The van der Waals surface area contributed by atoms with E-state index in [-0.39, 0.29) is 11.8 Å². The van der Waals surface area contributed by atoms with E-state index in [2.05, 4.69) is 5.32 Å². The van der Waals surface area contributed by atoms with Crippen LogP contribution in [0.1, 0.15) is 17.0 Å². The second-order valence-electron chi connectivity index (χ2n) is 6.14. The second-order valence-corrected chi connectivity index (χ2v) is 8.68. The summed E-state index contributed by atoms with van der Waals surface area (Å²) in [5.41, 5.74) is 0.864. The quantitative estimate of drug-likeness (QED) is 0.305. The summed E-state index contributed by atoms with van der Waals surface area (Å²) in [5, 5.41) is 16.7. The van der Waals surface area contributed by atoms with E-state index in [0.29, 0.717) is 16.1 Å². The molecule has 7 nitrogen and oxygen atoms in total. The number of fused-ring (bicyclic) bond motifs is 1. The summed E-state index contributed by atoms with van der Waals surface area (Å²) >= 11 is 7.48. The van der Waals surface area contributed by atoms with Gasteiger partial charge in [0.05, 0.1) is 16.4 Å². The van der Waals surface area contributed by atoms with Crippen LogP contribution in [0.5, 0.6) is 0 Å². The summed E-state index contributed by atoms with van der Waals surface area (Å²) in [6.07, 6.45) is 2.50. The monoisotopic (exact) mass is 450 g/mol. The van der Waals surface area contributed by atoms with E-state index in [1.54, 1.807) is 35.7 Å². The van der Waals surface area contributed by atoms with Crippen LogP contribution in [0.4, 0.5) is 5.69 Å². The fraction of sp³-hybridized carbons (Fsp3) is 0.105. The van der Waals surface area contributed by atoms with Crippen LogP contribution in [0.25, 0.3) is 16.2 Å². The summed E-state index contributed by atoms with van der Waals surface area (Å²) in [6, 6.07) is 11.4. The van der Waals surface area contributed by atoms with E-state index in [4.69, 9.17) is 11.6 Å². The molecule has 1 heterocycles. The molecular formula is C19H16ClN2O5PS. The van der Waals surface area contributed by atoms with Crippen molar-refractivity contribution in [1.82, 2.24) is 5.32 Å². The lowest BCUT2D eigenvalue weighted by Gasteiger charge is -2.14. The first kappa shape index (κ1) is 21.2. The van der Waals surface area contributed by atoms with E-state index < -0.39 is 24.8 Å². The highest BCUT2D eigenvalue weighted by molar-refractivity contribution is 7.38. The fourth-order valence-electron chi connectivity index (χ4n) is 2.92. The summed E-state index contributed by atoms with van der Waals surface area (Å²) in [5.74, 6) is -1.33. The predicted molar refractivity (Wildman–Crippen MR) is 116 cm³/mol. The molecule has 0 aliphatic heterocycles. The first-order valence-corrected chi connectivity index (χ1v) is 11.3. The Morgan fingerprint density at radius 3 is 2.83 bits per heavy atom. The number of nitro benzene ring substituents is 1. The summed E-state index contributed by atoms with van der Waals surface area (Å²) in [7, 11) is -2.93. The molecule has 10 heteroatoms. The minimum Gasteiger partial charge on any atom is -0.346 e. The van der Waals surface area contributed by atoms with Crippen molar-refractivity contribution in [2.24, 2.45) is 0 Å². The van der Waals surface area contributed by atoms with Crippen molar-refractivity contribution in [3.63, 3.8) is 0 Å². The third-order valence-electron chi connectivity index (χ3n) is 4.26. The summed E-state index contributed by atoms with van der Waals surface area (Å²) in [4.78, 5) is 32.8. The average molecular weight is 451 g/mol. The Labute approximate surface area is 175 Å². The number of benzene rings is 2. The molecule has 1 amide bonds. The number of nitro groups is 1. The summed E-state index contributed by atoms with van der Waals surface area (Å²) in [6.45, 7) is 0. The Kier molecular flexibility index (Phi) is 6.82. The minimum absolute atomic E-state index is 0.0894. The van der Waals surface area contributed by atoms with E-state index in [9.17, 15) is 24.4 Å². The Hall–Kier alpha value is -2.51. The van der Waals surface area contributed by atoms with Crippen molar-refractivity contribution in [2.75, 3.05) is 6.16 Å². The van der Waals surface area contributed by atoms with Gasteiger partial charge >= 0.3 is 0 Å². The van der Waals surface area contributed by atoms with Crippen molar-refractivity contribution >= 4 is 58.7 Å². The molecular weight excluding hydrogens is 435 g/mol. The van der Waals surface area contributed by atoms with Crippen molar-refractivity contribution in [3.8, 4) is 0 Å². The van der Waals surface area contributed by atoms with E-state index in [1.807, 2.05) is 6.07 Å². The van der Waals surface area contributed by atoms with Crippen molar-refractivity contribution in [1.29, 1.82) is 0 Å². The molecule has 2 N–H and O–H groups in total. The molecule has 0 spiro atoms. The van der Waals surface area contributed by atoms with Crippen LogP contribution < -0.4 is 5.32 Å². The number of thiophene rings is 1. The molecule has 0 bridgehead atoms. The van der Waals surface area contributed by atoms with Crippen LogP contribution in [-0.2, 0) is 9.36 Å². The first-order chi connectivity index (χ1) is 13.9. The molecule has 0 saturated heterocycles. The molecule has 29 heavy (non-hydrogen) atoms. The average Bonchev–Trinajstić information content (AvgIpc) is 3.08. The van der Waals surface area contributed by atoms with Crippen molar-refractivity contribution in [3.05, 3.63) is 80.3 Å². The zero-order chi connectivity index (χ0) is 21.0. The van der Waals surface area contributed by atoms with Gasteiger partial charge < -0.3 is 10.2 Å². The Morgan fingerprint density at radius 1 is 1.34 bits per heavy atom. The lowest BCUT2D eigenvalue weighted by molar-refractivity contribution is -0.385. The topological polar surface area (TPSA) is 110 Å². The number of carbonyl (C=O) groups is 1. The maximum Gasteiger partial charge on any atom is 0.276 e. The molecule has 3 aromatic rings. The van der Waals surface area contributed by atoms with Crippen molar-refractivity contribution < 1.29 is 19.2 Å². The molecule has 3 rings (SSSR count). The van der Waals surface area contributed by atoms with Crippen molar-refractivity contribution in [2.45, 2.75) is 5.92 Å². The highest BCUT2D eigenvalue weighted by atomic mass is 35.5. The zero-order valence-corrected chi connectivity index (χ0v) is 17.4. The zero-order valence-electron chi connectivity index (χ0n) is 14.9. The number of hydrogen-bond acceptors (Lipinski definition) is 5. The molecule has 0 aliphatic carbocycles. The van der Waals surface area contributed by atoms with Gasteiger partial charge in [-0.05, 0) is 46.7 Å². The van der Waals surface area contributed by atoms with E-state index in [1.165, 1.54) is 29.7 Å². The Morgan fingerprint density at radius 2 is 2.10 bits per heavy atom. The number of para-hydroxylation sites is 1. The number of hydrogen-bond donors (Lipinski definition) is 2. The van der Waals surface area contributed by atoms with Gasteiger partial charge in [0.25, 0.3) is 5.69 Å². The van der Waals surface area contributed by atoms with Crippen LogP contribution in [0.3, 0.4) is 0 Å². The van der Waals surface area contributed by atoms with Crippen LogP contribution in [0.15, 0.2) is 54.0 Å². The number of carbonyl (C=O) groups excluding carboxylic acids is 1. The predicted octanol–water partition coefficient (Wildman–Crippen LogP) is 4.80. The maximum atomic E-state index is 12.8. The van der Waals surface area contributed by atoms with E-state index in [0.717, 1.165) is 10.1 Å². The van der Waals surface area contributed by atoms with Gasteiger partial charge in [0.15, 0.2) is 8.03 Å². The SMILES string of the molecule is O=C(N/C=C/c1ccccc1[N+](=O)[O-])C(C[PH](=O)O)c1csc2ccc(Cl)cc12. The van der Waals surface area contributed by atoms with Crippen LogP contribution in [0.2, 0.25) is 5.02 Å². The van der Waals surface area contributed by atoms with Gasteiger partial charge in [0.2, 0.25) is 5.91 Å². The highest BCUT2D eigenvalue weighted by Gasteiger charge is 2.25. The molecule has 0 fully saturated rings. The third-order valence-corrected chi connectivity index (χ3v) is 6.23. The Balaban J connectivity index is 1.86. The lowest BCUT2D eigenvalue weighted by atomic mass is 9.99. The maximum absolute atomic E-state index is 12.8. The van der Waals surface area contributed by atoms with E-state index >= 15 is 0 Å². The molecule has 2 unspecified atom stereocenters. The molecule has 0 saturated carbocycles. The van der Waals surface area contributed by atoms with Gasteiger partial charge in [0.1, 0.15) is 0 Å². The molecule has 0 aliphatic rings. The van der Waals surface area contributed by atoms with Gasteiger partial charge in [-0.1, -0.05) is 23.7 Å². The fourth-order valence-corrected chi connectivity index (χ4v) is 4.84. The second kappa shape index (κ2) is 9.33. The largest absolute Gasteiger partial charge is 0.346 e. The lowest BCUT2D eigenvalue weighted by Crippen LogP contribution is -2.26. The third kappa shape index (κ3) is 5.10. The van der Waals surface area contributed by atoms with Crippen LogP contribution in [-0.4, -0.2) is 21.9 Å².